The number of carbonyl (C=O) groups is 1. The van der Waals surface area contributed by atoms with E-state index in [9.17, 15) is 31.1 Å². The van der Waals surface area contributed by atoms with E-state index in [4.69, 9.17) is 0 Å². The fourth-order valence-corrected chi connectivity index (χ4v) is 3.10. The predicted octanol–water partition coefficient (Wildman–Crippen LogP) is 5.88. The lowest BCUT2D eigenvalue weighted by Gasteiger charge is -2.12. The first-order valence-corrected chi connectivity index (χ1v) is 8.02. The Hall–Kier alpha value is -0.350. The van der Waals surface area contributed by atoms with Crippen LogP contribution in [0.4, 0.5) is 26.3 Å². The van der Waals surface area contributed by atoms with Gasteiger partial charge < -0.3 is 0 Å². The predicted molar refractivity (Wildman–Crippen MR) is 73.0 cm³/mol. The van der Waals surface area contributed by atoms with Crippen molar-refractivity contribution in [3.8, 4) is 0 Å². The van der Waals surface area contributed by atoms with E-state index in [1.807, 2.05) is 0 Å². The fraction of sp³-hybridized carbons (Fsp3) is 0.364. The molecule has 0 radical (unpaired) electrons. The van der Waals surface area contributed by atoms with E-state index in [0.717, 1.165) is 18.2 Å². The highest BCUT2D eigenvalue weighted by atomic mass is 79.9. The van der Waals surface area contributed by atoms with E-state index in [2.05, 4.69) is 15.9 Å². The van der Waals surface area contributed by atoms with Crippen LogP contribution in [0.15, 0.2) is 28.0 Å². The third kappa shape index (κ3) is 6.96. The standard InChI is InChI=1S/C11H7BrF6OS2/c12-4-3-8(19)7-2-1-6(20-10(13,14)15)5-9(7)21-11(16,17)18/h1-2,5H,3-4H2. The van der Waals surface area contributed by atoms with Gasteiger partial charge in [0.15, 0.2) is 5.78 Å². The molecule has 1 rings (SSSR count). The zero-order valence-corrected chi connectivity index (χ0v) is 13.2. The summed E-state index contributed by atoms with van der Waals surface area (Å²) in [5.74, 6) is -0.567. The summed E-state index contributed by atoms with van der Waals surface area (Å²) in [4.78, 5) is 10.8. The van der Waals surface area contributed by atoms with E-state index >= 15 is 0 Å². The number of alkyl halides is 7. The second kappa shape index (κ2) is 7.28. The van der Waals surface area contributed by atoms with Crippen LogP contribution in [-0.4, -0.2) is 22.1 Å². The maximum absolute atomic E-state index is 12.5. The number of rotatable bonds is 5. The summed E-state index contributed by atoms with van der Waals surface area (Å²) in [6.45, 7) is 0. The van der Waals surface area contributed by atoms with Gasteiger partial charge in [0, 0.05) is 27.1 Å². The molecule has 1 nitrogen and oxygen atoms in total. The van der Waals surface area contributed by atoms with Crippen LogP contribution < -0.4 is 0 Å². The molecule has 0 atom stereocenters. The molecule has 0 aliphatic heterocycles. The van der Waals surface area contributed by atoms with Crippen molar-refractivity contribution in [3.63, 3.8) is 0 Å². The lowest BCUT2D eigenvalue weighted by atomic mass is 10.1. The van der Waals surface area contributed by atoms with Crippen LogP contribution in [0.3, 0.4) is 0 Å². The molecule has 1 aromatic rings. The van der Waals surface area contributed by atoms with Gasteiger partial charge in [-0.1, -0.05) is 15.9 Å². The van der Waals surface area contributed by atoms with Crippen molar-refractivity contribution in [1.29, 1.82) is 0 Å². The average molecular weight is 413 g/mol. The van der Waals surface area contributed by atoms with Gasteiger partial charge >= 0.3 is 11.0 Å². The smallest absolute Gasteiger partial charge is 0.294 e. The number of hydrogen-bond donors (Lipinski definition) is 0. The van der Waals surface area contributed by atoms with Gasteiger partial charge in [-0.05, 0) is 41.7 Å². The highest BCUT2D eigenvalue weighted by molar-refractivity contribution is 9.09. The Morgan fingerprint density at radius 2 is 1.62 bits per heavy atom. The van der Waals surface area contributed by atoms with Crippen LogP contribution in [-0.2, 0) is 0 Å². The van der Waals surface area contributed by atoms with Crippen LogP contribution in [0.2, 0.25) is 0 Å². The minimum absolute atomic E-state index is 0.0445. The van der Waals surface area contributed by atoms with Gasteiger partial charge in [-0.25, -0.2) is 0 Å². The molecule has 0 fully saturated rings. The van der Waals surface area contributed by atoms with Gasteiger partial charge in [0.2, 0.25) is 0 Å². The van der Waals surface area contributed by atoms with Crippen molar-refractivity contribution in [2.45, 2.75) is 27.2 Å². The molecule has 0 amide bonds. The first kappa shape index (κ1) is 18.7. The minimum Gasteiger partial charge on any atom is -0.294 e. The second-order valence-corrected chi connectivity index (χ2v) is 6.65. The zero-order chi connectivity index (χ0) is 16.3. The SMILES string of the molecule is O=C(CCBr)c1ccc(SC(F)(F)F)cc1SC(F)(F)F. The van der Waals surface area contributed by atoms with E-state index in [1.165, 1.54) is 0 Å². The topological polar surface area (TPSA) is 17.1 Å². The second-order valence-electron chi connectivity index (χ2n) is 3.62. The quantitative estimate of drug-likeness (QED) is 0.260. The summed E-state index contributed by atoms with van der Waals surface area (Å²) in [7, 11) is 0. The molecule has 0 unspecified atom stereocenters. The molecular formula is C11H7BrF6OS2. The van der Waals surface area contributed by atoms with Gasteiger partial charge in [-0.3, -0.25) is 4.79 Å². The first-order chi connectivity index (χ1) is 9.52. The van der Waals surface area contributed by atoms with E-state index in [-0.39, 0.29) is 17.3 Å². The van der Waals surface area contributed by atoms with E-state index in [1.54, 1.807) is 0 Å². The summed E-state index contributed by atoms with van der Waals surface area (Å²) in [5.41, 5.74) is -9.53. The molecule has 0 bridgehead atoms. The maximum Gasteiger partial charge on any atom is 0.446 e. The van der Waals surface area contributed by atoms with Gasteiger partial charge in [0.05, 0.1) is 0 Å². The van der Waals surface area contributed by atoms with Crippen LogP contribution in [0, 0.1) is 0 Å². The molecule has 0 spiro atoms. The Kier molecular flexibility index (Phi) is 6.48. The lowest BCUT2D eigenvalue weighted by molar-refractivity contribution is -0.0334. The van der Waals surface area contributed by atoms with Gasteiger partial charge in [0.1, 0.15) is 0 Å². The largest absolute Gasteiger partial charge is 0.446 e. The van der Waals surface area contributed by atoms with Crippen LogP contribution in [0.25, 0.3) is 0 Å². The van der Waals surface area contributed by atoms with Crippen molar-refractivity contribution < 1.29 is 31.1 Å². The molecule has 0 saturated heterocycles. The Morgan fingerprint density at radius 1 is 1.05 bits per heavy atom. The monoisotopic (exact) mass is 412 g/mol. The fourth-order valence-electron chi connectivity index (χ4n) is 1.36. The molecule has 0 saturated carbocycles. The Balaban J connectivity index is 3.16. The van der Waals surface area contributed by atoms with E-state index < -0.39 is 50.1 Å². The minimum atomic E-state index is -4.69. The van der Waals surface area contributed by atoms with Crippen LogP contribution in [0.1, 0.15) is 16.8 Å². The molecule has 0 aliphatic rings. The maximum atomic E-state index is 12.5. The van der Waals surface area contributed by atoms with Crippen molar-refractivity contribution in [1.82, 2.24) is 0 Å². The highest BCUT2D eigenvalue weighted by Gasteiger charge is 2.33. The molecule has 1 aromatic carbocycles. The number of halogens is 7. The molecule has 0 aliphatic carbocycles. The third-order valence-corrected chi connectivity index (χ3v) is 3.94. The number of carbonyl (C=O) groups excluding carboxylic acids is 1. The molecule has 0 aromatic heterocycles. The van der Waals surface area contributed by atoms with Crippen molar-refractivity contribution >= 4 is 45.2 Å². The summed E-state index contributed by atoms with van der Waals surface area (Å²) in [6.07, 6.45) is -0.0445. The van der Waals surface area contributed by atoms with Gasteiger partial charge in [-0.15, -0.1) is 0 Å². The molecule has 21 heavy (non-hydrogen) atoms. The third-order valence-electron chi connectivity index (χ3n) is 2.03. The Morgan fingerprint density at radius 3 is 2.10 bits per heavy atom. The summed E-state index contributed by atoms with van der Waals surface area (Å²) in [6, 6.07) is 2.71. The molecule has 0 N–H and O–H groups in total. The number of ketones is 1. The van der Waals surface area contributed by atoms with Crippen molar-refractivity contribution in [3.05, 3.63) is 23.8 Å². The highest BCUT2D eigenvalue weighted by Crippen LogP contribution is 2.43. The normalized spacial score (nSPS) is 12.5. The molecule has 0 heterocycles. The summed E-state index contributed by atoms with van der Waals surface area (Å²) in [5, 5.41) is 0.251. The zero-order valence-electron chi connectivity index (χ0n) is 10.0. The molecule has 10 heteroatoms. The van der Waals surface area contributed by atoms with Gasteiger partial charge in [0.25, 0.3) is 0 Å². The first-order valence-electron chi connectivity index (χ1n) is 5.26. The Labute approximate surface area is 133 Å². The number of Topliss-reactive ketones (excluding diaryl/α,β-unsaturated/α-hetero) is 1. The van der Waals surface area contributed by atoms with Crippen LogP contribution in [0.5, 0.6) is 0 Å². The van der Waals surface area contributed by atoms with Crippen LogP contribution >= 0.6 is 39.5 Å². The molecule has 118 valence electrons. The molecular weight excluding hydrogens is 406 g/mol. The number of benzene rings is 1. The lowest BCUT2D eigenvalue weighted by Crippen LogP contribution is -2.07. The number of thioether (sulfide) groups is 2. The summed E-state index contributed by atoms with van der Waals surface area (Å²) < 4.78 is 74.1. The average Bonchev–Trinajstić information content (AvgIpc) is 2.24. The Bertz CT molecular complexity index is 514. The van der Waals surface area contributed by atoms with E-state index in [0.29, 0.717) is 0 Å². The van der Waals surface area contributed by atoms with Crippen molar-refractivity contribution in [2.24, 2.45) is 0 Å². The number of hydrogen-bond acceptors (Lipinski definition) is 3. The summed E-state index contributed by atoms with van der Waals surface area (Å²) >= 11 is 1.86. The van der Waals surface area contributed by atoms with Crippen molar-refractivity contribution in [2.75, 3.05) is 5.33 Å². The van der Waals surface area contributed by atoms with Gasteiger partial charge in [-0.2, -0.15) is 26.3 Å².